The first kappa shape index (κ1) is 18.5. The molecule has 138 valence electrons. The van der Waals surface area contributed by atoms with Crippen LogP contribution in [-0.4, -0.2) is 27.5 Å². The van der Waals surface area contributed by atoms with Gasteiger partial charge in [0.15, 0.2) is 0 Å². The van der Waals surface area contributed by atoms with Gasteiger partial charge in [0.1, 0.15) is 0 Å². The second kappa shape index (κ2) is 7.91. The fourth-order valence-electron chi connectivity index (χ4n) is 3.42. The Balaban J connectivity index is 1.99. The summed E-state index contributed by atoms with van der Waals surface area (Å²) in [5.41, 5.74) is 1.54. The molecule has 3 rings (SSSR count). The Labute approximate surface area is 154 Å². The van der Waals surface area contributed by atoms with Crippen molar-refractivity contribution >= 4 is 21.7 Å². The zero-order chi connectivity index (χ0) is 18.6. The lowest BCUT2D eigenvalue weighted by molar-refractivity contribution is -0.143. The van der Waals surface area contributed by atoms with Crippen LogP contribution in [0.4, 0.5) is 5.69 Å². The van der Waals surface area contributed by atoms with Crippen molar-refractivity contribution in [3.63, 3.8) is 0 Å². The maximum Gasteiger partial charge on any atom is 0.306 e. The highest BCUT2D eigenvalue weighted by Gasteiger charge is 2.31. The molecule has 1 aliphatic rings. The van der Waals surface area contributed by atoms with Crippen LogP contribution in [0.15, 0.2) is 59.5 Å². The number of hydrogen-bond acceptors (Lipinski definition) is 4. The Morgan fingerprint density at radius 3 is 2.54 bits per heavy atom. The van der Waals surface area contributed by atoms with Crippen molar-refractivity contribution in [2.45, 2.75) is 37.0 Å². The Morgan fingerprint density at radius 1 is 1.12 bits per heavy atom. The molecule has 0 saturated heterocycles. The maximum atomic E-state index is 13.2. The largest absolute Gasteiger partial charge is 0.466 e. The van der Waals surface area contributed by atoms with Gasteiger partial charge in [0.05, 0.1) is 23.6 Å². The average Bonchev–Trinajstić information content (AvgIpc) is 2.83. The van der Waals surface area contributed by atoms with Gasteiger partial charge in [0.2, 0.25) is 0 Å². The monoisotopic (exact) mass is 373 g/mol. The second-order valence-corrected chi connectivity index (χ2v) is 8.16. The number of carbonyl (C=O) groups is 1. The molecule has 0 aromatic heterocycles. The highest BCUT2D eigenvalue weighted by Crippen LogP contribution is 2.38. The van der Waals surface area contributed by atoms with E-state index in [4.69, 9.17) is 4.74 Å². The smallest absolute Gasteiger partial charge is 0.306 e. The molecule has 2 aromatic carbocycles. The van der Waals surface area contributed by atoms with Crippen molar-refractivity contribution in [3.8, 4) is 0 Å². The number of hydrogen-bond donors (Lipinski definition) is 0. The first-order chi connectivity index (χ1) is 12.5. The number of rotatable bonds is 5. The van der Waals surface area contributed by atoms with E-state index in [1.54, 1.807) is 37.3 Å². The molecular formula is C20H23NO4S. The minimum Gasteiger partial charge on any atom is -0.466 e. The molecule has 0 spiro atoms. The number of anilines is 1. The van der Waals surface area contributed by atoms with Crippen molar-refractivity contribution in [2.24, 2.45) is 0 Å². The maximum absolute atomic E-state index is 13.2. The standard InChI is InChI=1S/C20H23NO4S/c1-2-25-20(22)15-16-9-8-14-21(19-13-7-6-12-18(16)19)26(23,24)17-10-4-3-5-11-17/h3-7,10-13,16H,2,8-9,14-15H2,1H3. The molecular weight excluding hydrogens is 350 g/mol. The summed E-state index contributed by atoms with van der Waals surface area (Å²) in [6.07, 6.45) is 1.70. The van der Waals surface area contributed by atoms with E-state index in [0.717, 1.165) is 12.0 Å². The predicted octanol–water partition coefficient (Wildman–Crippen LogP) is 3.71. The Kier molecular flexibility index (Phi) is 5.61. The molecule has 5 nitrogen and oxygen atoms in total. The van der Waals surface area contributed by atoms with Gasteiger partial charge in [0, 0.05) is 6.54 Å². The first-order valence-corrected chi connectivity index (χ1v) is 10.3. The summed E-state index contributed by atoms with van der Waals surface area (Å²) in [5.74, 6) is -0.284. The molecule has 1 atom stereocenters. The fourth-order valence-corrected chi connectivity index (χ4v) is 4.97. The summed E-state index contributed by atoms with van der Waals surface area (Å²) in [6, 6.07) is 15.9. The predicted molar refractivity (Wildman–Crippen MR) is 101 cm³/mol. The van der Waals surface area contributed by atoms with E-state index in [0.29, 0.717) is 25.3 Å². The Morgan fingerprint density at radius 2 is 1.81 bits per heavy atom. The molecule has 0 fully saturated rings. The van der Waals surface area contributed by atoms with Crippen molar-refractivity contribution in [3.05, 3.63) is 60.2 Å². The SMILES string of the molecule is CCOC(=O)CC1CCCN(S(=O)(=O)c2ccccc2)c2ccccc21. The lowest BCUT2D eigenvalue weighted by Crippen LogP contribution is -2.31. The van der Waals surface area contributed by atoms with Gasteiger partial charge in [-0.3, -0.25) is 9.10 Å². The zero-order valence-electron chi connectivity index (χ0n) is 14.8. The summed E-state index contributed by atoms with van der Waals surface area (Å²) in [4.78, 5) is 12.3. The van der Waals surface area contributed by atoms with Crippen molar-refractivity contribution in [1.29, 1.82) is 0 Å². The van der Waals surface area contributed by atoms with Gasteiger partial charge in [-0.2, -0.15) is 0 Å². The molecule has 1 heterocycles. The topological polar surface area (TPSA) is 63.7 Å². The normalized spacial score (nSPS) is 17.3. The summed E-state index contributed by atoms with van der Waals surface area (Å²) in [7, 11) is -3.64. The van der Waals surface area contributed by atoms with Gasteiger partial charge in [0.25, 0.3) is 10.0 Å². The number of ether oxygens (including phenoxy) is 1. The molecule has 0 N–H and O–H groups in total. The minimum atomic E-state index is -3.64. The van der Waals surface area contributed by atoms with Gasteiger partial charge in [-0.1, -0.05) is 36.4 Å². The lowest BCUT2D eigenvalue weighted by atomic mass is 9.91. The van der Waals surface area contributed by atoms with E-state index in [2.05, 4.69) is 0 Å². The number of sulfonamides is 1. The van der Waals surface area contributed by atoms with Crippen LogP contribution in [0.5, 0.6) is 0 Å². The molecule has 0 saturated carbocycles. The molecule has 26 heavy (non-hydrogen) atoms. The van der Waals surface area contributed by atoms with Crippen LogP contribution in [0.1, 0.15) is 37.7 Å². The third-order valence-electron chi connectivity index (χ3n) is 4.61. The third-order valence-corrected chi connectivity index (χ3v) is 6.44. The average molecular weight is 373 g/mol. The molecule has 0 bridgehead atoms. The van der Waals surface area contributed by atoms with Crippen molar-refractivity contribution < 1.29 is 17.9 Å². The third kappa shape index (κ3) is 3.75. The van der Waals surface area contributed by atoms with Gasteiger partial charge in [-0.15, -0.1) is 0 Å². The Hall–Kier alpha value is -2.34. The minimum absolute atomic E-state index is 0.0405. The van der Waals surface area contributed by atoms with E-state index >= 15 is 0 Å². The van der Waals surface area contributed by atoms with E-state index in [-0.39, 0.29) is 23.2 Å². The van der Waals surface area contributed by atoms with Crippen molar-refractivity contribution in [2.75, 3.05) is 17.5 Å². The number of para-hydroxylation sites is 1. The number of benzene rings is 2. The molecule has 6 heteroatoms. The number of nitrogens with zero attached hydrogens (tertiary/aromatic N) is 1. The van der Waals surface area contributed by atoms with Gasteiger partial charge >= 0.3 is 5.97 Å². The van der Waals surface area contributed by atoms with Crippen molar-refractivity contribution in [1.82, 2.24) is 0 Å². The lowest BCUT2D eigenvalue weighted by Gasteiger charge is -2.25. The molecule has 0 amide bonds. The highest BCUT2D eigenvalue weighted by molar-refractivity contribution is 7.92. The van der Waals surface area contributed by atoms with Gasteiger partial charge in [-0.25, -0.2) is 8.42 Å². The number of fused-ring (bicyclic) bond motifs is 1. The fraction of sp³-hybridized carbons (Fsp3) is 0.350. The summed E-state index contributed by atoms with van der Waals surface area (Å²) < 4.78 is 32.9. The van der Waals surface area contributed by atoms with Crippen LogP contribution < -0.4 is 4.31 Å². The van der Waals surface area contributed by atoms with Crippen LogP contribution in [0.2, 0.25) is 0 Å². The van der Waals surface area contributed by atoms with E-state index in [1.165, 1.54) is 4.31 Å². The van der Waals surface area contributed by atoms with Gasteiger partial charge in [-0.05, 0) is 49.4 Å². The summed E-state index contributed by atoms with van der Waals surface area (Å²) >= 11 is 0. The van der Waals surface area contributed by atoms with Crippen LogP contribution in [0, 0.1) is 0 Å². The molecule has 2 aromatic rings. The van der Waals surface area contributed by atoms with E-state index < -0.39 is 10.0 Å². The van der Waals surface area contributed by atoms with E-state index in [9.17, 15) is 13.2 Å². The van der Waals surface area contributed by atoms with Crippen LogP contribution in [0.25, 0.3) is 0 Å². The molecule has 0 radical (unpaired) electrons. The van der Waals surface area contributed by atoms with E-state index in [1.807, 2.05) is 24.3 Å². The molecule has 1 aliphatic heterocycles. The van der Waals surface area contributed by atoms with Crippen LogP contribution in [-0.2, 0) is 19.6 Å². The quantitative estimate of drug-likeness (QED) is 0.750. The first-order valence-electron chi connectivity index (χ1n) is 8.86. The highest BCUT2D eigenvalue weighted by atomic mass is 32.2. The number of esters is 1. The van der Waals surface area contributed by atoms with Gasteiger partial charge < -0.3 is 4.74 Å². The molecule has 0 aliphatic carbocycles. The number of carbonyl (C=O) groups excluding carboxylic acids is 1. The summed E-state index contributed by atoms with van der Waals surface area (Å²) in [5, 5.41) is 0. The Bertz CT molecular complexity index is 864. The van der Waals surface area contributed by atoms with Crippen LogP contribution in [0.3, 0.4) is 0 Å². The second-order valence-electron chi connectivity index (χ2n) is 6.30. The summed E-state index contributed by atoms with van der Waals surface area (Å²) in [6.45, 7) is 2.53. The van der Waals surface area contributed by atoms with Crippen LogP contribution >= 0.6 is 0 Å². The molecule has 1 unspecified atom stereocenters. The zero-order valence-corrected chi connectivity index (χ0v) is 15.6.